The molecule has 1 fully saturated rings. The van der Waals surface area contributed by atoms with Crippen molar-refractivity contribution in [3.05, 3.63) is 88.4 Å². The van der Waals surface area contributed by atoms with Crippen LogP contribution >= 0.6 is 11.6 Å². The molecular weight excluding hydrogens is 546 g/mol. The Hall–Kier alpha value is -2.92. The lowest BCUT2D eigenvalue weighted by atomic mass is 9.97. The second-order valence-electron chi connectivity index (χ2n) is 9.44. The molecule has 38 heavy (non-hydrogen) atoms. The summed E-state index contributed by atoms with van der Waals surface area (Å²) in [7, 11) is -7.32. The fourth-order valence-corrected chi connectivity index (χ4v) is 7.18. The molecule has 1 heterocycles. The topological polar surface area (TPSA) is 113 Å². The van der Waals surface area contributed by atoms with Gasteiger partial charge in [-0.05, 0) is 79.8 Å². The fourth-order valence-electron chi connectivity index (χ4n) is 4.29. The second-order valence-corrected chi connectivity index (χ2v) is 13.5. The number of rotatable bonds is 8. The largest absolute Gasteiger partial charge is 0.326 e. The first-order valence-electron chi connectivity index (χ1n) is 12.2. The zero-order valence-electron chi connectivity index (χ0n) is 21.1. The van der Waals surface area contributed by atoms with Crippen molar-refractivity contribution in [2.75, 3.05) is 23.1 Å². The van der Waals surface area contributed by atoms with Crippen LogP contribution in [0.1, 0.15) is 29.5 Å². The van der Waals surface area contributed by atoms with Gasteiger partial charge in [-0.25, -0.2) is 21.1 Å². The van der Waals surface area contributed by atoms with Crippen LogP contribution in [0, 0.1) is 19.8 Å². The van der Waals surface area contributed by atoms with Gasteiger partial charge in [0.05, 0.1) is 16.3 Å². The number of hydrogen-bond acceptors (Lipinski definition) is 5. The number of piperidine rings is 1. The summed E-state index contributed by atoms with van der Waals surface area (Å²) in [5.74, 6) is -0.613. The number of nitrogens with zero attached hydrogens (tertiary/aromatic N) is 1. The summed E-state index contributed by atoms with van der Waals surface area (Å²) in [5.41, 5.74) is 3.35. The highest BCUT2D eigenvalue weighted by molar-refractivity contribution is 7.92. The van der Waals surface area contributed by atoms with Crippen molar-refractivity contribution >= 4 is 48.9 Å². The number of amides is 1. The van der Waals surface area contributed by atoms with Crippen LogP contribution in [0.3, 0.4) is 0 Å². The Bertz CT molecular complexity index is 1530. The van der Waals surface area contributed by atoms with Gasteiger partial charge in [0.1, 0.15) is 0 Å². The quantitative estimate of drug-likeness (QED) is 0.395. The Labute approximate surface area is 229 Å². The molecule has 8 nitrogen and oxygen atoms in total. The molecule has 4 rings (SSSR count). The third kappa shape index (κ3) is 6.74. The van der Waals surface area contributed by atoms with Crippen molar-refractivity contribution in [2.24, 2.45) is 5.92 Å². The van der Waals surface area contributed by atoms with E-state index in [4.69, 9.17) is 11.6 Å². The lowest BCUT2D eigenvalue weighted by Crippen LogP contribution is -2.41. The minimum atomic E-state index is -3.84. The lowest BCUT2D eigenvalue weighted by molar-refractivity contribution is -0.120. The molecule has 0 unspecified atom stereocenters. The smallest absolute Gasteiger partial charge is 0.261 e. The van der Waals surface area contributed by atoms with Gasteiger partial charge in [-0.1, -0.05) is 41.9 Å². The Morgan fingerprint density at radius 2 is 1.53 bits per heavy atom. The predicted octanol–water partition coefficient (Wildman–Crippen LogP) is 4.94. The van der Waals surface area contributed by atoms with Crippen LogP contribution < -0.4 is 10.0 Å². The third-order valence-corrected chi connectivity index (χ3v) is 10.3. The molecule has 0 radical (unpaired) electrons. The van der Waals surface area contributed by atoms with Gasteiger partial charge in [0.25, 0.3) is 10.0 Å². The van der Waals surface area contributed by atoms with Crippen LogP contribution in [0.2, 0.25) is 5.02 Å². The van der Waals surface area contributed by atoms with E-state index in [2.05, 4.69) is 10.0 Å². The number of carbonyl (C=O) groups is 1. The van der Waals surface area contributed by atoms with Crippen LogP contribution in [0.5, 0.6) is 0 Å². The average Bonchev–Trinajstić information content (AvgIpc) is 2.88. The van der Waals surface area contributed by atoms with E-state index in [0.29, 0.717) is 29.2 Å². The summed E-state index contributed by atoms with van der Waals surface area (Å²) in [4.78, 5) is 12.9. The number of halogens is 1. The van der Waals surface area contributed by atoms with Crippen LogP contribution in [-0.2, 0) is 30.6 Å². The molecule has 202 valence electrons. The number of carbonyl (C=O) groups excluding carboxylic acids is 1. The summed E-state index contributed by atoms with van der Waals surface area (Å²) in [5, 5.41) is 3.27. The second kappa shape index (κ2) is 11.4. The normalized spacial score (nSPS) is 15.2. The van der Waals surface area contributed by atoms with Crippen LogP contribution in [0.25, 0.3) is 0 Å². The maximum absolute atomic E-state index is 12.9. The SMILES string of the molecule is Cc1ccc(NS(=O)(=O)c2ccc(NC(=O)C3CCN(S(=O)(=O)Cc4ccccc4C)CC3)cc2)cc1Cl. The highest BCUT2D eigenvalue weighted by Crippen LogP contribution is 2.26. The summed E-state index contributed by atoms with van der Waals surface area (Å²) >= 11 is 6.08. The number of anilines is 2. The predicted molar refractivity (Wildman–Crippen MR) is 150 cm³/mol. The van der Waals surface area contributed by atoms with E-state index in [0.717, 1.165) is 16.7 Å². The summed E-state index contributed by atoms with van der Waals surface area (Å²) in [6, 6.07) is 18.2. The van der Waals surface area contributed by atoms with Crippen molar-refractivity contribution in [1.29, 1.82) is 0 Å². The number of benzene rings is 3. The third-order valence-electron chi connectivity index (χ3n) is 6.67. The van der Waals surface area contributed by atoms with Gasteiger partial charge in [-0.3, -0.25) is 9.52 Å². The van der Waals surface area contributed by atoms with Gasteiger partial charge in [0, 0.05) is 29.7 Å². The van der Waals surface area contributed by atoms with Gasteiger partial charge in [-0.15, -0.1) is 0 Å². The minimum Gasteiger partial charge on any atom is -0.326 e. The minimum absolute atomic E-state index is 0.0411. The molecule has 2 N–H and O–H groups in total. The fraction of sp³-hybridized carbons (Fsp3) is 0.296. The van der Waals surface area contributed by atoms with E-state index in [1.54, 1.807) is 18.2 Å². The maximum atomic E-state index is 12.9. The van der Waals surface area contributed by atoms with Gasteiger partial charge in [0.2, 0.25) is 15.9 Å². The summed E-state index contributed by atoms with van der Waals surface area (Å²) in [6.45, 7) is 4.27. The molecule has 1 aliphatic heterocycles. The van der Waals surface area contributed by atoms with E-state index in [1.807, 2.05) is 38.1 Å². The van der Waals surface area contributed by atoms with E-state index < -0.39 is 20.0 Å². The first kappa shape index (κ1) is 28.1. The molecule has 0 aliphatic carbocycles. The van der Waals surface area contributed by atoms with Crippen LogP contribution in [0.15, 0.2) is 71.6 Å². The zero-order chi connectivity index (χ0) is 27.5. The molecule has 0 bridgehead atoms. The molecule has 1 amide bonds. The van der Waals surface area contributed by atoms with E-state index in [9.17, 15) is 21.6 Å². The van der Waals surface area contributed by atoms with Crippen molar-refractivity contribution in [3.63, 3.8) is 0 Å². The zero-order valence-corrected chi connectivity index (χ0v) is 23.5. The van der Waals surface area contributed by atoms with Gasteiger partial charge in [0.15, 0.2) is 0 Å². The lowest BCUT2D eigenvalue weighted by Gasteiger charge is -2.30. The number of hydrogen-bond donors (Lipinski definition) is 2. The number of nitrogens with one attached hydrogen (secondary N) is 2. The molecule has 3 aromatic carbocycles. The molecule has 0 spiro atoms. The Morgan fingerprint density at radius 3 is 2.16 bits per heavy atom. The van der Waals surface area contributed by atoms with Gasteiger partial charge in [-0.2, -0.15) is 0 Å². The van der Waals surface area contributed by atoms with Gasteiger partial charge < -0.3 is 5.32 Å². The van der Waals surface area contributed by atoms with E-state index >= 15 is 0 Å². The van der Waals surface area contributed by atoms with E-state index in [1.165, 1.54) is 28.6 Å². The van der Waals surface area contributed by atoms with Gasteiger partial charge >= 0.3 is 0 Å². The molecule has 1 aliphatic rings. The van der Waals surface area contributed by atoms with Crippen molar-refractivity contribution in [3.8, 4) is 0 Å². The molecular formula is C27H30ClN3O5S2. The summed E-state index contributed by atoms with van der Waals surface area (Å²) in [6.07, 6.45) is 0.822. The first-order chi connectivity index (χ1) is 17.9. The van der Waals surface area contributed by atoms with Crippen LogP contribution in [0.4, 0.5) is 11.4 Å². The highest BCUT2D eigenvalue weighted by atomic mass is 35.5. The molecule has 0 saturated carbocycles. The molecule has 11 heteroatoms. The van der Waals surface area contributed by atoms with Crippen molar-refractivity contribution in [2.45, 2.75) is 37.3 Å². The molecule has 3 aromatic rings. The Morgan fingerprint density at radius 1 is 0.895 bits per heavy atom. The molecule has 0 aromatic heterocycles. The highest BCUT2D eigenvalue weighted by Gasteiger charge is 2.31. The number of sulfonamides is 2. The molecule has 0 atom stereocenters. The first-order valence-corrected chi connectivity index (χ1v) is 15.6. The molecule has 1 saturated heterocycles. The number of aryl methyl sites for hydroxylation is 2. The maximum Gasteiger partial charge on any atom is 0.261 e. The van der Waals surface area contributed by atoms with Crippen molar-refractivity contribution in [1.82, 2.24) is 4.31 Å². The monoisotopic (exact) mass is 575 g/mol. The standard InChI is InChI=1S/C27H30ClN3O5S2/c1-19-5-3-4-6-22(19)18-37(33,34)31-15-13-21(14-16-31)27(32)29-23-9-11-25(12-10-23)38(35,36)30-24-8-7-20(2)26(28)17-24/h3-12,17,21,30H,13-16,18H2,1-2H3,(H,29,32). The van der Waals surface area contributed by atoms with Crippen LogP contribution in [-0.4, -0.2) is 40.1 Å². The Balaban J connectivity index is 1.32. The van der Waals surface area contributed by atoms with Crippen molar-refractivity contribution < 1.29 is 21.6 Å². The average molecular weight is 576 g/mol. The Kier molecular flexibility index (Phi) is 8.46. The summed E-state index contributed by atoms with van der Waals surface area (Å²) < 4.78 is 55.2. The van der Waals surface area contributed by atoms with E-state index in [-0.39, 0.29) is 35.6 Å².